The van der Waals surface area contributed by atoms with E-state index in [1.54, 1.807) is 0 Å². The zero-order valence-corrected chi connectivity index (χ0v) is 18.7. The molecule has 0 radical (unpaired) electrons. The molecule has 7 heteroatoms. The predicted octanol–water partition coefficient (Wildman–Crippen LogP) is 4.41. The summed E-state index contributed by atoms with van der Waals surface area (Å²) in [6, 6.07) is 10.3. The lowest BCUT2D eigenvalue weighted by Gasteiger charge is -2.07. The molecule has 0 unspecified atom stereocenters. The summed E-state index contributed by atoms with van der Waals surface area (Å²) in [4.78, 5) is 23.5. The first-order valence-electron chi connectivity index (χ1n) is 9.94. The molecule has 1 amide bonds. The van der Waals surface area contributed by atoms with E-state index < -0.39 is 0 Å². The van der Waals surface area contributed by atoms with Crippen LogP contribution in [0, 0.1) is 34.6 Å². The van der Waals surface area contributed by atoms with Crippen molar-refractivity contribution < 1.29 is 4.79 Å². The van der Waals surface area contributed by atoms with Gasteiger partial charge in [0.25, 0.3) is 5.91 Å². The predicted molar refractivity (Wildman–Crippen MR) is 120 cm³/mol. The van der Waals surface area contributed by atoms with Crippen LogP contribution < -0.4 is 5.32 Å². The maximum Gasteiger partial charge on any atom is 0.261 e. The number of hydrogen-bond acceptors (Lipinski definition) is 5. The Balaban J connectivity index is 1.54. The quantitative estimate of drug-likeness (QED) is 0.520. The molecular weight excluding hydrogens is 394 g/mol. The van der Waals surface area contributed by atoms with E-state index in [1.807, 2.05) is 50.6 Å². The second-order valence-electron chi connectivity index (χ2n) is 7.57. The van der Waals surface area contributed by atoms with Crippen molar-refractivity contribution in [2.24, 2.45) is 0 Å². The van der Waals surface area contributed by atoms with Crippen molar-refractivity contribution >= 4 is 27.5 Å². The van der Waals surface area contributed by atoms with E-state index in [-0.39, 0.29) is 5.91 Å². The molecule has 0 bridgehead atoms. The number of amides is 1. The molecule has 3 heterocycles. The van der Waals surface area contributed by atoms with Gasteiger partial charge in [0, 0.05) is 28.9 Å². The van der Waals surface area contributed by atoms with Gasteiger partial charge >= 0.3 is 0 Å². The molecular formula is C23H25N5OS. The maximum absolute atomic E-state index is 12.9. The van der Waals surface area contributed by atoms with Crippen molar-refractivity contribution in [2.75, 3.05) is 0 Å². The minimum absolute atomic E-state index is 0.0813. The summed E-state index contributed by atoms with van der Waals surface area (Å²) in [6.45, 7) is 11.0. The van der Waals surface area contributed by atoms with Gasteiger partial charge in [-0.15, -0.1) is 11.3 Å². The smallest absolute Gasteiger partial charge is 0.261 e. The van der Waals surface area contributed by atoms with E-state index in [0.29, 0.717) is 18.0 Å². The molecule has 0 aliphatic rings. The Morgan fingerprint density at radius 3 is 2.50 bits per heavy atom. The number of nitrogens with one attached hydrogen (secondary N) is 1. The summed E-state index contributed by atoms with van der Waals surface area (Å²) in [5, 5.41) is 8.74. The highest BCUT2D eigenvalue weighted by Gasteiger charge is 2.20. The normalized spacial score (nSPS) is 11.2. The van der Waals surface area contributed by atoms with Crippen molar-refractivity contribution in [1.29, 1.82) is 0 Å². The van der Waals surface area contributed by atoms with E-state index >= 15 is 0 Å². The Bertz CT molecular complexity index is 1240. The number of carbonyl (C=O) groups excluding carboxylic acids is 1. The number of rotatable bonds is 5. The first-order valence-corrected chi connectivity index (χ1v) is 10.8. The molecule has 0 aliphatic carbocycles. The number of thiophene rings is 1. The van der Waals surface area contributed by atoms with Crippen molar-refractivity contribution in [3.05, 3.63) is 74.8 Å². The Labute approximate surface area is 180 Å². The minimum Gasteiger partial charge on any atom is -0.347 e. The molecule has 0 aliphatic heterocycles. The van der Waals surface area contributed by atoms with Crippen LogP contribution in [0.1, 0.15) is 49.3 Å². The van der Waals surface area contributed by atoms with E-state index in [9.17, 15) is 4.79 Å². The van der Waals surface area contributed by atoms with Gasteiger partial charge in [0.05, 0.1) is 17.1 Å². The average Bonchev–Trinajstić information content (AvgIpc) is 3.17. The molecule has 0 atom stereocenters. The Morgan fingerprint density at radius 2 is 1.77 bits per heavy atom. The van der Waals surface area contributed by atoms with Crippen LogP contribution in [-0.4, -0.2) is 25.7 Å². The van der Waals surface area contributed by atoms with Gasteiger partial charge in [-0.2, -0.15) is 5.10 Å². The number of benzene rings is 1. The lowest BCUT2D eigenvalue weighted by molar-refractivity contribution is 0.0954. The zero-order valence-electron chi connectivity index (χ0n) is 17.9. The SMILES string of the molecule is Cc1nc(C)c2c(C)c(C(=O)NCc3c(C)nn(Cc4ccccc4)c3C)sc2n1. The minimum atomic E-state index is -0.0813. The van der Waals surface area contributed by atoms with E-state index in [0.717, 1.165) is 44.2 Å². The Hall–Kier alpha value is -3.06. The van der Waals surface area contributed by atoms with Crippen LogP contribution in [0.15, 0.2) is 30.3 Å². The molecule has 0 fully saturated rings. The van der Waals surface area contributed by atoms with Crippen LogP contribution in [-0.2, 0) is 13.1 Å². The molecule has 1 N–H and O–H groups in total. The molecule has 4 aromatic rings. The van der Waals surface area contributed by atoms with Crippen molar-refractivity contribution in [3.8, 4) is 0 Å². The summed E-state index contributed by atoms with van der Waals surface area (Å²) >= 11 is 1.43. The summed E-state index contributed by atoms with van der Waals surface area (Å²) in [5.74, 6) is 0.646. The number of fused-ring (bicyclic) bond motifs is 1. The third-order valence-electron chi connectivity index (χ3n) is 5.42. The van der Waals surface area contributed by atoms with Crippen LogP contribution in [0.25, 0.3) is 10.2 Å². The summed E-state index contributed by atoms with van der Waals surface area (Å²) < 4.78 is 2.00. The largest absolute Gasteiger partial charge is 0.347 e. The molecule has 4 rings (SSSR count). The second-order valence-corrected chi connectivity index (χ2v) is 8.57. The number of hydrogen-bond donors (Lipinski definition) is 1. The van der Waals surface area contributed by atoms with Gasteiger partial charge in [0.1, 0.15) is 10.7 Å². The number of aryl methyl sites for hydroxylation is 4. The van der Waals surface area contributed by atoms with E-state index in [2.05, 4.69) is 39.4 Å². The van der Waals surface area contributed by atoms with Crippen LogP contribution in [0.3, 0.4) is 0 Å². The van der Waals surface area contributed by atoms with Gasteiger partial charge in [-0.25, -0.2) is 9.97 Å². The second kappa shape index (κ2) is 7.99. The first kappa shape index (κ1) is 20.2. The highest BCUT2D eigenvalue weighted by atomic mass is 32.1. The first-order chi connectivity index (χ1) is 14.3. The fourth-order valence-corrected chi connectivity index (χ4v) is 5.03. The molecule has 30 heavy (non-hydrogen) atoms. The lowest BCUT2D eigenvalue weighted by atomic mass is 10.1. The number of carbonyl (C=O) groups is 1. The fraction of sp³-hybridized carbons (Fsp3) is 0.304. The van der Waals surface area contributed by atoms with Crippen molar-refractivity contribution in [3.63, 3.8) is 0 Å². The topological polar surface area (TPSA) is 72.7 Å². The zero-order chi connectivity index (χ0) is 21.4. The van der Waals surface area contributed by atoms with Crippen molar-refractivity contribution in [1.82, 2.24) is 25.1 Å². The van der Waals surface area contributed by atoms with E-state index in [4.69, 9.17) is 0 Å². The van der Waals surface area contributed by atoms with Gasteiger partial charge in [-0.05, 0) is 45.7 Å². The van der Waals surface area contributed by atoms with Gasteiger partial charge in [0.15, 0.2) is 0 Å². The fourth-order valence-electron chi connectivity index (χ4n) is 3.84. The summed E-state index contributed by atoms with van der Waals surface area (Å²) in [6.07, 6.45) is 0. The average molecular weight is 420 g/mol. The molecule has 3 aromatic heterocycles. The highest BCUT2D eigenvalue weighted by Crippen LogP contribution is 2.31. The van der Waals surface area contributed by atoms with Crippen LogP contribution in [0.5, 0.6) is 0 Å². The van der Waals surface area contributed by atoms with Gasteiger partial charge in [0.2, 0.25) is 0 Å². The number of aromatic nitrogens is 4. The van der Waals surface area contributed by atoms with Crippen LogP contribution in [0.2, 0.25) is 0 Å². The van der Waals surface area contributed by atoms with Gasteiger partial charge < -0.3 is 5.32 Å². The Kier molecular flexibility index (Phi) is 5.39. The van der Waals surface area contributed by atoms with Crippen LogP contribution >= 0.6 is 11.3 Å². The third-order valence-corrected chi connectivity index (χ3v) is 6.61. The van der Waals surface area contributed by atoms with Crippen molar-refractivity contribution in [2.45, 2.75) is 47.7 Å². The molecule has 6 nitrogen and oxygen atoms in total. The highest BCUT2D eigenvalue weighted by molar-refractivity contribution is 7.20. The molecule has 0 saturated carbocycles. The molecule has 0 spiro atoms. The summed E-state index contributed by atoms with van der Waals surface area (Å²) in [7, 11) is 0. The summed E-state index contributed by atoms with van der Waals surface area (Å²) in [5.41, 5.74) is 6.13. The van der Waals surface area contributed by atoms with Gasteiger partial charge in [-0.1, -0.05) is 30.3 Å². The van der Waals surface area contributed by atoms with Crippen LogP contribution in [0.4, 0.5) is 0 Å². The van der Waals surface area contributed by atoms with E-state index in [1.165, 1.54) is 16.9 Å². The molecule has 0 saturated heterocycles. The maximum atomic E-state index is 12.9. The van der Waals surface area contributed by atoms with Gasteiger partial charge in [-0.3, -0.25) is 9.48 Å². The molecule has 1 aromatic carbocycles. The standard InChI is InChI=1S/C23H25N5OS/c1-13-20-15(3)25-17(5)26-23(20)30-21(13)22(29)24-11-19-14(2)27-28(16(19)4)12-18-9-7-6-8-10-18/h6-10H,11-12H2,1-5H3,(H,24,29). The lowest BCUT2D eigenvalue weighted by Crippen LogP contribution is -2.23. The molecule has 154 valence electrons. The monoisotopic (exact) mass is 419 g/mol. The Morgan fingerprint density at radius 1 is 1.03 bits per heavy atom. The number of nitrogens with zero attached hydrogens (tertiary/aromatic N) is 4. The third kappa shape index (κ3) is 3.73.